The number of piperidine rings is 1. The molecule has 0 saturated carbocycles. The average molecular weight is 404 g/mol. The highest BCUT2D eigenvalue weighted by molar-refractivity contribution is 5.83. The molecule has 5 rings (SSSR count). The molecule has 0 spiro atoms. The summed E-state index contributed by atoms with van der Waals surface area (Å²) < 4.78 is 0. The number of imidazole rings is 1. The van der Waals surface area contributed by atoms with Crippen molar-refractivity contribution in [3.63, 3.8) is 0 Å². The number of benzene rings is 2. The fourth-order valence-electron chi connectivity index (χ4n) is 4.73. The topological polar surface area (TPSA) is 64.3 Å². The van der Waals surface area contributed by atoms with Crippen molar-refractivity contribution < 1.29 is 4.79 Å². The zero-order valence-electron chi connectivity index (χ0n) is 17.7. The number of aromatic amines is 1. The molecular formula is C24H29N5O. The molecule has 0 bridgehead atoms. The Labute approximate surface area is 177 Å². The van der Waals surface area contributed by atoms with E-state index in [0.29, 0.717) is 12.5 Å². The van der Waals surface area contributed by atoms with Gasteiger partial charge in [-0.3, -0.25) is 0 Å². The number of anilines is 1. The van der Waals surface area contributed by atoms with Gasteiger partial charge in [-0.1, -0.05) is 19.1 Å². The molecule has 3 aromatic rings. The third-order valence-electron chi connectivity index (χ3n) is 6.30. The largest absolute Gasteiger partial charge is 0.383 e. The Morgan fingerprint density at radius 2 is 1.93 bits per heavy atom. The molecule has 0 aliphatic carbocycles. The first-order chi connectivity index (χ1) is 14.6. The first kappa shape index (κ1) is 19.0. The van der Waals surface area contributed by atoms with Crippen molar-refractivity contribution in [2.24, 2.45) is 5.92 Å². The maximum atomic E-state index is 13.2. The van der Waals surface area contributed by atoms with E-state index in [1.54, 1.807) is 0 Å². The van der Waals surface area contributed by atoms with E-state index in [-0.39, 0.29) is 6.03 Å². The van der Waals surface area contributed by atoms with Gasteiger partial charge in [0.15, 0.2) is 0 Å². The molecule has 6 heteroatoms. The van der Waals surface area contributed by atoms with Crippen LogP contribution in [0.1, 0.15) is 31.2 Å². The van der Waals surface area contributed by atoms with E-state index in [9.17, 15) is 4.79 Å². The lowest BCUT2D eigenvalue weighted by Gasteiger charge is -2.35. The number of aryl methyl sites for hydroxylation is 1. The highest BCUT2D eigenvalue weighted by Crippen LogP contribution is 2.30. The lowest BCUT2D eigenvalue weighted by atomic mass is 10.0. The molecule has 2 N–H and O–H groups in total. The normalized spacial score (nSPS) is 19.3. The smallest absolute Gasteiger partial charge is 0.320 e. The number of carbonyl (C=O) groups is 1. The fourth-order valence-corrected chi connectivity index (χ4v) is 4.73. The van der Waals surface area contributed by atoms with Gasteiger partial charge in [-0.05, 0) is 66.6 Å². The van der Waals surface area contributed by atoms with Crippen LogP contribution in [0.15, 0.2) is 36.4 Å². The summed E-state index contributed by atoms with van der Waals surface area (Å²) in [5, 5.41) is 3.50. The van der Waals surface area contributed by atoms with Crippen molar-refractivity contribution >= 4 is 22.8 Å². The molecule has 1 fully saturated rings. The molecule has 2 amide bonds. The van der Waals surface area contributed by atoms with Crippen LogP contribution in [0.3, 0.4) is 0 Å². The average Bonchev–Trinajstić information content (AvgIpc) is 2.98. The molecule has 6 nitrogen and oxygen atoms in total. The third kappa shape index (κ3) is 3.62. The minimum atomic E-state index is 0.177. The number of H-pyrrole nitrogens is 1. The second-order valence-corrected chi connectivity index (χ2v) is 8.75. The molecule has 1 saturated heterocycles. The van der Waals surface area contributed by atoms with E-state index in [2.05, 4.69) is 58.6 Å². The summed E-state index contributed by atoms with van der Waals surface area (Å²) in [5.41, 5.74) is 6.64. The molecule has 0 radical (unpaired) electrons. The molecular weight excluding hydrogens is 374 g/mol. The second-order valence-electron chi connectivity index (χ2n) is 8.75. The van der Waals surface area contributed by atoms with E-state index >= 15 is 0 Å². The Hall–Kier alpha value is -3.02. The van der Waals surface area contributed by atoms with Gasteiger partial charge in [0, 0.05) is 38.4 Å². The van der Waals surface area contributed by atoms with Gasteiger partial charge in [-0.15, -0.1) is 0 Å². The Kier molecular flexibility index (Phi) is 4.85. The van der Waals surface area contributed by atoms with Gasteiger partial charge in [-0.2, -0.15) is 0 Å². The van der Waals surface area contributed by atoms with Crippen molar-refractivity contribution in [3.8, 4) is 11.1 Å². The van der Waals surface area contributed by atoms with E-state index in [4.69, 9.17) is 0 Å². The summed E-state index contributed by atoms with van der Waals surface area (Å²) in [6, 6.07) is 13.0. The number of nitrogens with zero attached hydrogens (tertiary/aromatic N) is 3. The van der Waals surface area contributed by atoms with E-state index < -0.39 is 0 Å². The molecule has 1 atom stereocenters. The Balaban J connectivity index is 1.41. The molecule has 156 valence electrons. The van der Waals surface area contributed by atoms with Gasteiger partial charge >= 0.3 is 6.03 Å². The summed E-state index contributed by atoms with van der Waals surface area (Å²) in [7, 11) is 0. The number of fused-ring (bicyclic) bond motifs is 2. The van der Waals surface area contributed by atoms with Crippen LogP contribution in [0, 0.1) is 12.8 Å². The predicted octanol–water partition coefficient (Wildman–Crippen LogP) is 4.62. The van der Waals surface area contributed by atoms with E-state index in [1.807, 2.05) is 16.7 Å². The van der Waals surface area contributed by atoms with Crippen molar-refractivity contribution in [2.75, 3.05) is 31.5 Å². The third-order valence-corrected chi connectivity index (χ3v) is 6.30. The quantitative estimate of drug-likeness (QED) is 0.623. The minimum absolute atomic E-state index is 0.177. The van der Waals surface area contributed by atoms with Crippen LogP contribution in [0.4, 0.5) is 10.5 Å². The lowest BCUT2D eigenvalue weighted by molar-refractivity contribution is 0.131. The monoisotopic (exact) mass is 403 g/mol. The van der Waals surface area contributed by atoms with Crippen LogP contribution >= 0.6 is 0 Å². The zero-order valence-corrected chi connectivity index (χ0v) is 17.7. The van der Waals surface area contributed by atoms with Gasteiger partial charge in [-0.25, -0.2) is 9.78 Å². The van der Waals surface area contributed by atoms with Crippen LogP contribution in [0.5, 0.6) is 0 Å². The summed E-state index contributed by atoms with van der Waals surface area (Å²) >= 11 is 0. The highest BCUT2D eigenvalue weighted by Gasteiger charge is 2.27. The standard InChI is InChI=1S/C24H29N5O/c1-16-4-3-10-28(14-16)24(30)29-11-9-25-21-7-5-18(12-20(21)15-29)19-6-8-22-23(13-19)27-17(2)26-22/h5-8,12-13,16,25H,3-4,9-11,14-15H2,1-2H3,(H,26,27). The van der Waals surface area contributed by atoms with Crippen molar-refractivity contribution in [1.82, 2.24) is 19.8 Å². The maximum absolute atomic E-state index is 13.2. The number of hydrogen-bond donors (Lipinski definition) is 2. The molecule has 1 unspecified atom stereocenters. The number of likely N-dealkylation sites (tertiary alicyclic amines) is 1. The zero-order chi connectivity index (χ0) is 20.7. The number of rotatable bonds is 1. The number of amides is 2. The van der Waals surface area contributed by atoms with Crippen LogP contribution in [0.25, 0.3) is 22.2 Å². The molecule has 3 heterocycles. The molecule has 2 aromatic carbocycles. The van der Waals surface area contributed by atoms with Gasteiger partial charge in [0.2, 0.25) is 0 Å². The Morgan fingerprint density at radius 1 is 1.10 bits per heavy atom. The number of nitrogens with one attached hydrogen (secondary N) is 2. The van der Waals surface area contributed by atoms with Crippen LogP contribution < -0.4 is 5.32 Å². The van der Waals surface area contributed by atoms with E-state index in [1.165, 1.54) is 12.0 Å². The predicted molar refractivity (Wildman–Crippen MR) is 121 cm³/mol. The van der Waals surface area contributed by atoms with Gasteiger partial charge < -0.3 is 20.1 Å². The molecule has 2 aliphatic heterocycles. The van der Waals surface area contributed by atoms with Crippen LogP contribution in [0.2, 0.25) is 0 Å². The summed E-state index contributed by atoms with van der Waals surface area (Å²) in [4.78, 5) is 25.0. The fraction of sp³-hybridized carbons (Fsp3) is 0.417. The maximum Gasteiger partial charge on any atom is 0.320 e. The summed E-state index contributed by atoms with van der Waals surface area (Å²) in [5.74, 6) is 1.52. The van der Waals surface area contributed by atoms with Crippen molar-refractivity contribution in [3.05, 3.63) is 47.8 Å². The van der Waals surface area contributed by atoms with Crippen molar-refractivity contribution in [2.45, 2.75) is 33.2 Å². The first-order valence-corrected chi connectivity index (χ1v) is 10.9. The Bertz CT molecular complexity index is 1090. The summed E-state index contributed by atoms with van der Waals surface area (Å²) in [6.07, 6.45) is 2.33. The first-order valence-electron chi connectivity index (χ1n) is 10.9. The molecule has 30 heavy (non-hydrogen) atoms. The second kappa shape index (κ2) is 7.67. The lowest BCUT2D eigenvalue weighted by Crippen LogP contribution is -2.47. The SMILES string of the molecule is Cc1nc2ccc(-c3ccc4c(c3)CN(C(=O)N3CCCC(C)C3)CCN4)cc2[nH]1. The number of carbonyl (C=O) groups excluding carboxylic acids is 1. The number of hydrogen-bond acceptors (Lipinski definition) is 3. The Morgan fingerprint density at radius 3 is 2.80 bits per heavy atom. The number of aromatic nitrogens is 2. The van der Waals surface area contributed by atoms with Gasteiger partial charge in [0.25, 0.3) is 0 Å². The van der Waals surface area contributed by atoms with Crippen molar-refractivity contribution in [1.29, 1.82) is 0 Å². The summed E-state index contributed by atoms with van der Waals surface area (Å²) in [6.45, 7) is 8.12. The number of urea groups is 1. The highest BCUT2D eigenvalue weighted by atomic mass is 16.2. The van der Waals surface area contributed by atoms with E-state index in [0.717, 1.165) is 66.3 Å². The van der Waals surface area contributed by atoms with Gasteiger partial charge in [0.05, 0.1) is 11.0 Å². The van der Waals surface area contributed by atoms with Gasteiger partial charge in [0.1, 0.15) is 5.82 Å². The molecule has 2 aliphatic rings. The molecule has 1 aromatic heterocycles. The minimum Gasteiger partial charge on any atom is -0.383 e. The van der Waals surface area contributed by atoms with Crippen LogP contribution in [-0.2, 0) is 6.54 Å². The van der Waals surface area contributed by atoms with Crippen LogP contribution in [-0.4, -0.2) is 52.0 Å².